The molecular weight excluding hydrogens is 116 g/mol. The Kier molecular flexibility index (Phi) is 2.31. The predicted molar refractivity (Wildman–Crippen MR) is 33.9 cm³/mol. The van der Waals surface area contributed by atoms with Gasteiger partial charge < -0.3 is 4.74 Å². The van der Waals surface area contributed by atoms with Gasteiger partial charge in [-0.15, -0.1) is 0 Å². The number of carbonyl (C=O) groups is 1. The van der Waals surface area contributed by atoms with Gasteiger partial charge in [0, 0.05) is 5.92 Å². The molecule has 0 bridgehead atoms. The van der Waals surface area contributed by atoms with Crippen molar-refractivity contribution in [2.75, 3.05) is 6.61 Å². The van der Waals surface area contributed by atoms with E-state index in [1.807, 2.05) is 0 Å². The molecule has 1 aliphatic rings. The Labute approximate surface area is 54.5 Å². The van der Waals surface area contributed by atoms with E-state index in [2.05, 4.69) is 16.9 Å². The van der Waals surface area contributed by atoms with Crippen molar-refractivity contribution >= 4 is 6.47 Å². The molecule has 1 rings (SSSR count). The first-order chi connectivity index (χ1) is 4.43. The van der Waals surface area contributed by atoms with Crippen molar-refractivity contribution in [2.45, 2.75) is 12.8 Å². The summed E-state index contributed by atoms with van der Waals surface area (Å²) in [6, 6.07) is 0. The second-order valence-electron chi connectivity index (χ2n) is 2.20. The van der Waals surface area contributed by atoms with Gasteiger partial charge >= 0.3 is 0 Å². The zero-order chi connectivity index (χ0) is 6.53. The maximum atomic E-state index is 9.72. The van der Waals surface area contributed by atoms with Gasteiger partial charge in [0.15, 0.2) is 0 Å². The minimum Gasteiger partial charge on any atom is -0.467 e. The van der Waals surface area contributed by atoms with Gasteiger partial charge in [0.2, 0.25) is 0 Å². The van der Waals surface area contributed by atoms with E-state index in [-0.39, 0.29) is 0 Å². The summed E-state index contributed by atoms with van der Waals surface area (Å²) in [4.78, 5) is 9.72. The summed E-state index contributed by atoms with van der Waals surface area (Å²) >= 11 is 0. The van der Waals surface area contributed by atoms with Gasteiger partial charge in [0.1, 0.15) is 0 Å². The number of hydrogen-bond donors (Lipinski definition) is 0. The Balaban J connectivity index is 2.12. The molecular formula is C7H10O2. The zero-order valence-corrected chi connectivity index (χ0v) is 5.25. The third-order valence-electron chi connectivity index (χ3n) is 1.49. The molecule has 2 heteroatoms. The molecule has 50 valence electrons. The molecule has 0 saturated carbocycles. The quantitative estimate of drug-likeness (QED) is 0.418. The van der Waals surface area contributed by atoms with Crippen LogP contribution in [0.4, 0.5) is 0 Å². The van der Waals surface area contributed by atoms with Crippen LogP contribution in [0.3, 0.4) is 0 Å². The molecule has 0 unspecified atom stereocenters. The average molecular weight is 126 g/mol. The van der Waals surface area contributed by atoms with Gasteiger partial charge in [0.25, 0.3) is 6.47 Å². The van der Waals surface area contributed by atoms with Crippen LogP contribution in [0, 0.1) is 5.92 Å². The Morgan fingerprint density at radius 1 is 1.78 bits per heavy atom. The van der Waals surface area contributed by atoms with Gasteiger partial charge in [-0.05, 0) is 12.8 Å². The second kappa shape index (κ2) is 3.28. The summed E-state index contributed by atoms with van der Waals surface area (Å²) in [5.41, 5.74) is 0. The molecule has 0 amide bonds. The highest BCUT2D eigenvalue weighted by atomic mass is 16.5. The molecule has 0 aromatic heterocycles. The van der Waals surface area contributed by atoms with Crippen molar-refractivity contribution in [1.29, 1.82) is 0 Å². The fraction of sp³-hybridized carbons (Fsp3) is 0.571. The predicted octanol–water partition coefficient (Wildman–Crippen LogP) is 1.13. The van der Waals surface area contributed by atoms with Gasteiger partial charge in [-0.2, -0.15) is 0 Å². The summed E-state index contributed by atoms with van der Waals surface area (Å²) in [7, 11) is 0. The Hall–Kier alpha value is -0.790. The van der Waals surface area contributed by atoms with Crippen LogP contribution < -0.4 is 0 Å². The van der Waals surface area contributed by atoms with Crippen molar-refractivity contribution in [3.63, 3.8) is 0 Å². The topological polar surface area (TPSA) is 26.3 Å². The molecule has 0 saturated heterocycles. The Morgan fingerprint density at radius 2 is 2.67 bits per heavy atom. The molecule has 2 nitrogen and oxygen atoms in total. The molecule has 0 heterocycles. The Morgan fingerprint density at radius 3 is 3.22 bits per heavy atom. The van der Waals surface area contributed by atoms with E-state index in [1.165, 1.54) is 0 Å². The molecule has 1 aliphatic carbocycles. The molecule has 0 aliphatic heterocycles. The summed E-state index contributed by atoms with van der Waals surface area (Å²) in [6.45, 7) is 1.06. The maximum Gasteiger partial charge on any atom is 0.293 e. The normalized spacial score (nSPS) is 24.2. The van der Waals surface area contributed by atoms with E-state index in [4.69, 9.17) is 0 Å². The monoisotopic (exact) mass is 126 g/mol. The van der Waals surface area contributed by atoms with E-state index < -0.39 is 0 Å². The van der Waals surface area contributed by atoms with Crippen molar-refractivity contribution in [3.05, 3.63) is 12.2 Å². The van der Waals surface area contributed by atoms with Crippen LogP contribution in [0.5, 0.6) is 0 Å². The van der Waals surface area contributed by atoms with E-state index >= 15 is 0 Å². The van der Waals surface area contributed by atoms with Crippen LogP contribution >= 0.6 is 0 Å². The van der Waals surface area contributed by atoms with E-state index in [0.29, 0.717) is 19.0 Å². The molecule has 0 aromatic rings. The Bertz CT molecular complexity index is 118. The standard InChI is InChI=1S/C7H10O2/c8-6-9-5-7-3-1-2-4-7/h1,3,6-7H,2,4-5H2/t7-/m0/s1. The average Bonchev–Trinajstić information content (AvgIpc) is 2.34. The maximum absolute atomic E-state index is 9.72. The van der Waals surface area contributed by atoms with E-state index in [1.54, 1.807) is 0 Å². The summed E-state index contributed by atoms with van der Waals surface area (Å²) in [5.74, 6) is 0.482. The van der Waals surface area contributed by atoms with E-state index in [0.717, 1.165) is 12.8 Å². The highest BCUT2D eigenvalue weighted by Crippen LogP contribution is 2.16. The zero-order valence-electron chi connectivity index (χ0n) is 5.25. The smallest absolute Gasteiger partial charge is 0.293 e. The minimum absolute atomic E-state index is 0.482. The highest BCUT2D eigenvalue weighted by molar-refractivity contribution is 5.37. The summed E-state index contributed by atoms with van der Waals surface area (Å²) in [6.07, 6.45) is 6.49. The van der Waals surface area contributed by atoms with Gasteiger partial charge in [-0.25, -0.2) is 0 Å². The first kappa shape index (κ1) is 6.33. The number of allylic oxidation sites excluding steroid dienone is 1. The van der Waals surface area contributed by atoms with Gasteiger partial charge in [-0.1, -0.05) is 12.2 Å². The fourth-order valence-corrected chi connectivity index (χ4v) is 0.997. The van der Waals surface area contributed by atoms with Gasteiger partial charge in [-0.3, -0.25) is 4.79 Å². The third kappa shape index (κ3) is 1.88. The van der Waals surface area contributed by atoms with Crippen LogP contribution in [0.25, 0.3) is 0 Å². The number of ether oxygens (including phenoxy) is 1. The van der Waals surface area contributed by atoms with Crippen LogP contribution in [0.2, 0.25) is 0 Å². The van der Waals surface area contributed by atoms with Gasteiger partial charge in [0.05, 0.1) is 6.61 Å². The summed E-state index contributed by atoms with van der Waals surface area (Å²) < 4.78 is 4.59. The lowest BCUT2D eigenvalue weighted by molar-refractivity contribution is -0.129. The molecule has 1 atom stereocenters. The SMILES string of the molecule is O=COC[C@H]1C=CCC1. The molecule has 9 heavy (non-hydrogen) atoms. The first-order valence-electron chi connectivity index (χ1n) is 3.15. The third-order valence-corrected chi connectivity index (χ3v) is 1.49. The van der Waals surface area contributed by atoms with E-state index in [9.17, 15) is 4.79 Å². The molecule has 0 radical (unpaired) electrons. The first-order valence-corrected chi connectivity index (χ1v) is 3.15. The largest absolute Gasteiger partial charge is 0.467 e. The highest BCUT2D eigenvalue weighted by Gasteiger charge is 2.07. The van der Waals surface area contributed by atoms with Crippen molar-refractivity contribution in [2.24, 2.45) is 5.92 Å². The van der Waals surface area contributed by atoms with Crippen LogP contribution in [0.15, 0.2) is 12.2 Å². The number of carbonyl (C=O) groups excluding carboxylic acids is 1. The van der Waals surface area contributed by atoms with Crippen molar-refractivity contribution in [3.8, 4) is 0 Å². The second-order valence-corrected chi connectivity index (χ2v) is 2.20. The van der Waals surface area contributed by atoms with Crippen molar-refractivity contribution < 1.29 is 9.53 Å². The molecule has 0 spiro atoms. The van der Waals surface area contributed by atoms with Crippen LogP contribution in [-0.4, -0.2) is 13.1 Å². The lowest BCUT2D eigenvalue weighted by Gasteiger charge is -2.02. The minimum atomic E-state index is 0.482. The van der Waals surface area contributed by atoms with Crippen LogP contribution in [-0.2, 0) is 9.53 Å². The fourth-order valence-electron chi connectivity index (χ4n) is 0.997. The molecule has 0 N–H and O–H groups in total. The lowest BCUT2D eigenvalue weighted by Crippen LogP contribution is -2.02. The number of rotatable bonds is 3. The van der Waals surface area contributed by atoms with Crippen LogP contribution in [0.1, 0.15) is 12.8 Å². The number of hydrogen-bond acceptors (Lipinski definition) is 2. The van der Waals surface area contributed by atoms with Crippen molar-refractivity contribution in [1.82, 2.24) is 0 Å². The summed E-state index contributed by atoms with van der Waals surface area (Å²) in [5, 5.41) is 0. The lowest BCUT2D eigenvalue weighted by atomic mass is 10.1. The molecule has 0 aromatic carbocycles. The molecule has 0 fully saturated rings.